The van der Waals surface area contributed by atoms with Crippen molar-refractivity contribution < 1.29 is 9.47 Å². The summed E-state index contributed by atoms with van der Waals surface area (Å²) in [6.45, 7) is 9.56. The number of hydrogen-bond acceptors (Lipinski definition) is 2. The van der Waals surface area contributed by atoms with Gasteiger partial charge >= 0.3 is 0 Å². The van der Waals surface area contributed by atoms with E-state index >= 15 is 0 Å². The summed E-state index contributed by atoms with van der Waals surface area (Å²) >= 11 is 0. The summed E-state index contributed by atoms with van der Waals surface area (Å²) in [5.74, 6) is 0. The molecule has 1 aliphatic heterocycles. The van der Waals surface area contributed by atoms with Gasteiger partial charge in [0.25, 0.3) is 0 Å². The van der Waals surface area contributed by atoms with E-state index in [1.807, 2.05) is 0 Å². The largest absolute Gasteiger partial charge is 0.381 e. The lowest BCUT2D eigenvalue weighted by Crippen LogP contribution is -2.07. The van der Waals surface area contributed by atoms with Crippen LogP contribution in [-0.4, -0.2) is 25.4 Å². The van der Waals surface area contributed by atoms with Gasteiger partial charge in [-0.3, -0.25) is 0 Å². The molecular weight excluding hydrogens is 236 g/mol. The van der Waals surface area contributed by atoms with Gasteiger partial charge in [0.05, 0.1) is 18.3 Å². The lowest BCUT2D eigenvalue weighted by molar-refractivity contribution is 0.233. The minimum absolute atomic E-state index is 0.180. The van der Waals surface area contributed by atoms with Crippen molar-refractivity contribution in [1.82, 2.24) is 0 Å². The van der Waals surface area contributed by atoms with Gasteiger partial charge in [-0.2, -0.15) is 0 Å². The summed E-state index contributed by atoms with van der Waals surface area (Å²) in [5.41, 5.74) is 3.09. The second kappa shape index (κ2) is 7.86. The highest BCUT2D eigenvalue weighted by atomic mass is 16.6. The molecule has 110 valence electrons. The number of allylic oxidation sites excluding steroid dienone is 3. The van der Waals surface area contributed by atoms with Crippen LogP contribution in [0, 0.1) is 0 Å². The minimum Gasteiger partial charge on any atom is -0.381 e. The van der Waals surface area contributed by atoms with Crippen LogP contribution in [0.25, 0.3) is 0 Å². The van der Waals surface area contributed by atoms with Crippen LogP contribution in [0.15, 0.2) is 23.3 Å². The molecule has 1 saturated heterocycles. The molecule has 0 saturated carbocycles. The van der Waals surface area contributed by atoms with Crippen molar-refractivity contribution in [3.63, 3.8) is 0 Å². The highest BCUT2D eigenvalue weighted by Crippen LogP contribution is 2.42. The smallest absolute Gasteiger partial charge is 0.0918 e. The molecule has 0 aromatic heterocycles. The van der Waals surface area contributed by atoms with Gasteiger partial charge < -0.3 is 9.47 Å². The van der Waals surface area contributed by atoms with E-state index < -0.39 is 0 Å². The molecule has 1 rings (SSSR count). The first-order chi connectivity index (χ1) is 9.01. The molecule has 0 aromatic rings. The van der Waals surface area contributed by atoms with Crippen molar-refractivity contribution in [2.45, 2.75) is 71.5 Å². The molecule has 0 aliphatic carbocycles. The molecule has 2 nitrogen and oxygen atoms in total. The van der Waals surface area contributed by atoms with Crippen LogP contribution in [0.5, 0.6) is 0 Å². The average molecular weight is 266 g/mol. The zero-order valence-electron chi connectivity index (χ0n) is 13.3. The van der Waals surface area contributed by atoms with Gasteiger partial charge in [-0.05, 0) is 52.9 Å². The zero-order chi connectivity index (χ0) is 14.3. The zero-order valence-corrected chi connectivity index (χ0v) is 13.3. The fourth-order valence-electron chi connectivity index (χ4n) is 2.30. The maximum absolute atomic E-state index is 5.74. The molecule has 19 heavy (non-hydrogen) atoms. The van der Waals surface area contributed by atoms with Crippen LogP contribution in [0.4, 0.5) is 0 Å². The number of methoxy groups -OCH3 is 1. The molecule has 2 heteroatoms. The summed E-state index contributed by atoms with van der Waals surface area (Å²) in [5, 5.41) is 0. The monoisotopic (exact) mass is 266 g/mol. The van der Waals surface area contributed by atoms with Crippen molar-refractivity contribution in [2.24, 2.45) is 0 Å². The first-order valence-corrected chi connectivity index (χ1v) is 7.50. The second-order valence-corrected chi connectivity index (χ2v) is 5.91. The average Bonchev–Trinajstić information content (AvgIpc) is 3.06. The van der Waals surface area contributed by atoms with E-state index in [9.17, 15) is 0 Å². The molecule has 1 fully saturated rings. The fraction of sp³-hybridized carbons (Fsp3) is 0.765. The van der Waals surface area contributed by atoms with Gasteiger partial charge in [-0.25, -0.2) is 0 Å². The summed E-state index contributed by atoms with van der Waals surface area (Å²) in [6.07, 6.45) is 10.8. The highest BCUT2D eigenvalue weighted by molar-refractivity contribution is 5.06. The van der Waals surface area contributed by atoms with E-state index in [0.717, 1.165) is 25.9 Å². The van der Waals surface area contributed by atoms with Gasteiger partial charge in [-0.15, -0.1) is 0 Å². The molecule has 0 N–H and O–H groups in total. The second-order valence-electron chi connectivity index (χ2n) is 5.91. The third-order valence-corrected chi connectivity index (χ3v) is 4.17. The summed E-state index contributed by atoms with van der Waals surface area (Å²) in [6, 6.07) is 0. The summed E-state index contributed by atoms with van der Waals surface area (Å²) in [4.78, 5) is 0. The molecule has 0 amide bonds. The van der Waals surface area contributed by atoms with Crippen molar-refractivity contribution >= 4 is 0 Å². The Kier molecular flexibility index (Phi) is 6.81. The first-order valence-electron chi connectivity index (χ1n) is 7.50. The van der Waals surface area contributed by atoms with Crippen molar-refractivity contribution in [3.05, 3.63) is 23.3 Å². The van der Waals surface area contributed by atoms with E-state index in [2.05, 4.69) is 39.8 Å². The van der Waals surface area contributed by atoms with E-state index in [1.165, 1.54) is 24.0 Å². The lowest BCUT2D eigenvalue weighted by atomic mass is 9.99. The maximum atomic E-state index is 5.74. The Bertz CT molecular complexity index is 330. The first kappa shape index (κ1) is 16.5. The van der Waals surface area contributed by atoms with Gasteiger partial charge in [0.2, 0.25) is 0 Å². The Morgan fingerprint density at radius 3 is 2.47 bits per heavy atom. The van der Waals surface area contributed by atoms with Crippen molar-refractivity contribution in [2.75, 3.05) is 13.7 Å². The number of rotatable bonds is 9. The van der Waals surface area contributed by atoms with E-state index in [-0.39, 0.29) is 5.60 Å². The Morgan fingerprint density at radius 1 is 1.21 bits per heavy atom. The molecule has 0 radical (unpaired) electrons. The Morgan fingerprint density at radius 2 is 1.89 bits per heavy atom. The number of ether oxygens (including phenoxy) is 2. The number of epoxide rings is 1. The summed E-state index contributed by atoms with van der Waals surface area (Å²) in [7, 11) is 1.73. The highest BCUT2D eigenvalue weighted by Gasteiger charge is 2.49. The molecule has 0 bridgehead atoms. The number of hydrogen-bond donors (Lipinski definition) is 0. The predicted octanol–water partition coefficient (Wildman–Crippen LogP) is 4.65. The van der Waals surface area contributed by atoms with E-state index in [0.29, 0.717) is 6.10 Å². The molecular formula is C17H30O2. The van der Waals surface area contributed by atoms with Crippen LogP contribution < -0.4 is 0 Å². The molecule has 2 unspecified atom stereocenters. The topological polar surface area (TPSA) is 21.8 Å². The van der Waals surface area contributed by atoms with Crippen molar-refractivity contribution in [1.29, 1.82) is 0 Å². The van der Waals surface area contributed by atoms with Crippen LogP contribution in [0.2, 0.25) is 0 Å². The Labute approximate surface area is 118 Å². The summed E-state index contributed by atoms with van der Waals surface area (Å²) < 4.78 is 10.8. The normalized spacial score (nSPS) is 27.7. The van der Waals surface area contributed by atoms with Crippen LogP contribution in [0.3, 0.4) is 0 Å². The minimum atomic E-state index is 0.180. The SMILES string of the molecule is CCC1(C)OC1CC/C(C)=C/CC/C(C)=C/COC. The van der Waals surface area contributed by atoms with Crippen LogP contribution >= 0.6 is 0 Å². The molecule has 0 spiro atoms. The predicted molar refractivity (Wildman–Crippen MR) is 81.4 cm³/mol. The Balaban J connectivity index is 2.16. The standard InChI is InChI=1S/C17H30O2/c1-6-17(4)16(19-17)11-10-14(2)8-7-9-15(3)12-13-18-5/h8,12,16H,6-7,9-11,13H2,1-5H3/b14-8+,15-12+. The molecule has 1 aliphatic rings. The van der Waals surface area contributed by atoms with E-state index in [1.54, 1.807) is 7.11 Å². The lowest BCUT2D eigenvalue weighted by Gasteiger charge is -2.03. The van der Waals surface area contributed by atoms with Gasteiger partial charge in [0, 0.05) is 7.11 Å². The maximum Gasteiger partial charge on any atom is 0.0918 e. The van der Waals surface area contributed by atoms with Crippen LogP contribution in [0.1, 0.15) is 59.8 Å². The third-order valence-electron chi connectivity index (χ3n) is 4.17. The quantitative estimate of drug-likeness (QED) is 0.447. The molecule has 0 aromatic carbocycles. The van der Waals surface area contributed by atoms with Gasteiger partial charge in [0.15, 0.2) is 0 Å². The molecule has 2 atom stereocenters. The molecule has 1 heterocycles. The van der Waals surface area contributed by atoms with E-state index in [4.69, 9.17) is 9.47 Å². The fourth-order valence-corrected chi connectivity index (χ4v) is 2.30. The third kappa shape index (κ3) is 5.92. The van der Waals surface area contributed by atoms with Crippen LogP contribution in [-0.2, 0) is 9.47 Å². The Hall–Kier alpha value is -0.600. The van der Waals surface area contributed by atoms with Gasteiger partial charge in [-0.1, -0.05) is 30.2 Å². The van der Waals surface area contributed by atoms with Gasteiger partial charge in [0.1, 0.15) is 0 Å². The van der Waals surface area contributed by atoms with Crippen molar-refractivity contribution in [3.8, 4) is 0 Å².